The van der Waals surface area contributed by atoms with E-state index < -0.39 is 0 Å². The summed E-state index contributed by atoms with van der Waals surface area (Å²) in [4.78, 5) is 11.8. The monoisotopic (exact) mass is 511 g/mol. The minimum Gasteiger partial charge on any atom is -0.491 e. The Morgan fingerprint density at radius 1 is 0.972 bits per heavy atom. The number of ether oxygens (including phenoxy) is 1. The number of fused-ring (bicyclic) bond motifs is 1. The van der Waals surface area contributed by atoms with Crippen molar-refractivity contribution in [1.29, 1.82) is 0 Å². The van der Waals surface area contributed by atoms with Gasteiger partial charge >= 0.3 is 0 Å². The first-order chi connectivity index (χ1) is 17.6. The molecule has 180 valence electrons. The molecular weight excluding hydrogens is 486 g/mol. The third-order valence-corrected chi connectivity index (χ3v) is 7.51. The van der Waals surface area contributed by atoms with E-state index in [-0.39, 0.29) is 18.2 Å². The summed E-state index contributed by atoms with van der Waals surface area (Å²) in [5.41, 5.74) is 4.00. The molecule has 6 nitrogen and oxygen atoms in total. The number of hydrogen-bond acceptors (Lipinski definition) is 5. The summed E-state index contributed by atoms with van der Waals surface area (Å²) in [6.07, 6.45) is 4.01. The van der Waals surface area contributed by atoms with Gasteiger partial charge in [0.15, 0.2) is 10.2 Å². The Hall–Kier alpha value is -3.75. The third-order valence-electron chi connectivity index (χ3n) is 6.16. The van der Waals surface area contributed by atoms with Crippen molar-refractivity contribution in [2.45, 2.75) is 32.0 Å². The Kier molecular flexibility index (Phi) is 5.91. The Labute approximate surface area is 219 Å². The molecule has 0 saturated carbocycles. The smallest absolute Gasteiger partial charge is 0.194 e. The number of nitrogens with one attached hydrogen (secondary N) is 1. The van der Waals surface area contributed by atoms with Crippen LogP contribution in [0.25, 0.3) is 15.3 Å². The van der Waals surface area contributed by atoms with Gasteiger partial charge in [-0.05, 0) is 86.7 Å². The number of thiocarbonyl (C=S) groups is 1. The third kappa shape index (κ3) is 4.12. The van der Waals surface area contributed by atoms with E-state index >= 15 is 0 Å². The molecule has 1 saturated heterocycles. The van der Waals surface area contributed by atoms with Gasteiger partial charge in [-0.1, -0.05) is 29.5 Å². The van der Waals surface area contributed by atoms with Crippen LogP contribution < -0.4 is 15.0 Å². The first-order valence-electron chi connectivity index (χ1n) is 11.9. The maximum atomic E-state index is 5.90. The minimum absolute atomic E-state index is 0.115. The lowest BCUT2D eigenvalue weighted by atomic mass is 10.0. The van der Waals surface area contributed by atoms with Crippen molar-refractivity contribution >= 4 is 44.6 Å². The van der Waals surface area contributed by atoms with Gasteiger partial charge in [0.1, 0.15) is 11.8 Å². The van der Waals surface area contributed by atoms with Gasteiger partial charge in [-0.2, -0.15) is 0 Å². The van der Waals surface area contributed by atoms with Crippen molar-refractivity contribution in [2.24, 2.45) is 0 Å². The van der Waals surface area contributed by atoms with Crippen LogP contribution in [0.1, 0.15) is 37.3 Å². The van der Waals surface area contributed by atoms with Crippen LogP contribution in [-0.2, 0) is 0 Å². The Morgan fingerprint density at radius 3 is 2.53 bits per heavy atom. The number of aromatic nitrogens is 3. The molecule has 36 heavy (non-hydrogen) atoms. The van der Waals surface area contributed by atoms with Gasteiger partial charge in [0.2, 0.25) is 0 Å². The second kappa shape index (κ2) is 9.37. The second-order valence-electron chi connectivity index (χ2n) is 8.92. The lowest BCUT2D eigenvalue weighted by molar-refractivity contribution is 0.242. The number of thiazole rings is 1. The molecule has 0 amide bonds. The number of anilines is 1. The molecule has 5 aromatic rings. The fraction of sp³-hybridized carbons (Fsp3) is 0.179. The standard InChI is InChI=1S/C28H25N5OS2/c1-18(2)34-20-14-12-19(13-15-20)33-26(25(31-27(33)35)22-9-5-6-16-29-22)23-10-7-17-32(23)28-30-21-8-3-4-11-24(21)36-28/h3-18,25-26H,1-2H3,(H,31,35)/t25-,26+/m0/s1. The number of hydrogen-bond donors (Lipinski definition) is 1. The first kappa shape index (κ1) is 22.7. The summed E-state index contributed by atoms with van der Waals surface area (Å²) < 4.78 is 9.20. The first-order valence-corrected chi connectivity index (χ1v) is 13.1. The van der Waals surface area contributed by atoms with Gasteiger partial charge < -0.3 is 15.0 Å². The molecule has 4 heterocycles. The normalized spacial score (nSPS) is 17.6. The number of para-hydroxylation sites is 1. The molecule has 3 aromatic heterocycles. The van der Waals surface area contributed by atoms with E-state index in [1.807, 2.05) is 62.5 Å². The van der Waals surface area contributed by atoms with Gasteiger partial charge in [0.25, 0.3) is 0 Å². The van der Waals surface area contributed by atoms with Gasteiger partial charge in [0, 0.05) is 18.1 Å². The highest BCUT2D eigenvalue weighted by Crippen LogP contribution is 2.43. The predicted molar refractivity (Wildman–Crippen MR) is 149 cm³/mol. The molecule has 1 N–H and O–H groups in total. The maximum Gasteiger partial charge on any atom is 0.194 e. The minimum atomic E-state index is -0.133. The molecule has 0 radical (unpaired) electrons. The molecular formula is C28H25N5OS2. The van der Waals surface area contributed by atoms with E-state index in [9.17, 15) is 0 Å². The summed E-state index contributed by atoms with van der Waals surface area (Å²) in [6.45, 7) is 4.05. The molecule has 1 fully saturated rings. The summed E-state index contributed by atoms with van der Waals surface area (Å²) in [6, 6.07) is 26.3. The molecule has 8 heteroatoms. The van der Waals surface area contributed by atoms with Crippen LogP contribution in [-0.4, -0.2) is 25.8 Å². The Balaban J connectivity index is 1.46. The fourth-order valence-electron chi connectivity index (χ4n) is 4.66. The van der Waals surface area contributed by atoms with Crippen molar-refractivity contribution in [3.8, 4) is 10.9 Å². The average Bonchev–Trinajstić information content (AvgIpc) is 3.61. The zero-order chi connectivity index (χ0) is 24.6. The van der Waals surface area contributed by atoms with Crippen LogP contribution in [0.3, 0.4) is 0 Å². The predicted octanol–water partition coefficient (Wildman–Crippen LogP) is 6.45. The molecule has 1 aliphatic rings. The van der Waals surface area contributed by atoms with Crippen LogP contribution >= 0.6 is 23.6 Å². The van der Waals surface area contributed by atoms with Gasteiger partial charge in [0.05, 0.1) is 33.8 Å². The van der Waals surface area contributed by atoms with E-state index in [0.717, 1.165) is 38.2 Å². The summed E-state index contributed by atoms with van der Waals surface area (Å²) in [7, 11) is 0. The van der Waals surface area contributed by atoms with Gasteiger partial charge in [-0.3, -0.25) is 9.55 Å². The van der Waals surface area contributed by atoms with E-state index in [1.165, 1.54) is 0 Å². The van der Waals surface area contributed by atoms with Crippen molar-refractivity contribution < 1.29 is 4.74 Å². The van der Waals surface area contributed by atoms with Crippen LogP contribution in [0.4, 0.5) is 5.69 Å². The molecule has 0 aliphatic carbocycles. The van der Waals surface area contributed by atoms with E-state index in [0.29, 0.717) is 5.11 Å². The van der Waals surface area contributed by atoms with E-state index in [1.54, 1.807) is 11.3 Å². The maximum absolute atomic E-state index is 5.90. The number of pyridine rings is 1. The Morgan fingerprint density at radius 2 is 1.78 bits per heavy atom. The molecule has 0 unspecified atom stereocenters. The van der Waals surface area contributed by atoms with Crippen LogP contribution in [0.2, 0.25) is 0 Å². The highest BCUT2D eigenvalue weighted by molar-refractivity contribution is 7.80. The molecule has 6 rings (SSSR count). The quantitative estimate of drug-likeness (QED) is 0.265. The largest absolute Gasteiger partial charge is 0.491 e. The van der Waals surface area contributed by atoms with Gasteiger partial charge in [-0.25, -0.2) is 4.98 Å². The van der Waals surface area contributed by atoms with Crippen LogP contribution in [0.5, 0.6) is 5.75 Å². The van der Waals surface area contributed by atoms with E-state index in [2.05, 4.69) is 62.4 Å². The SMILES string of the molecule is CC(C)Oc1ccc(N2C(=S)N[C@@H](c3ccccn3)[C@H]2c2cccn2-c2nc3ccccc3s2)cc1. The highest BCUT2D eigenvalue weighted by atomic mass is 32.1. The highest BCUT2D eigenvalue weighted by Gasteiger charge is 2.42. The second-order valence-corrected chi connectivity index (χ2v) is 10.3. The Bertz CT molecular complexity index is 1480. The van der Waals surface area contributed by atoms with Crippen molar-refractivity contribution in [3.05, 3.63) is 103 Å². The number of rotatable bonds is 6. The van der Waals surface area contributed by atoms with Crippen molar-refractivity contribution in [1.82, 2.24) is 19.9 Å². The molecule has 0 bridgehead atoms. The zero-order valence-corrected chi connectivity index (χ0v) is 21.5. The van der Waals surface area contributed by atoms with Crippen molar-refractivity contribution in [2.75, 3.05) is 4.90 Å². The fourth-order valence-corrected chi connectivity index (χ4v) is 5.98. The lowest BCUT2D eigenvalue weighted by Crippen LogP contribution is -2.30. The number of benzene rings is 2. The molecule has 1 aliphatic heterocycles. The lowest BCUT2D eigenvalue weighted by Gasteiger charge is -2.28. The van der Waals surface area contributed by atoms with Crippen molar-refractivity contribution in [3.63, 3.8) is 0 Å². The van der Waals surface area contributed by atoms with E-state index in [4.69, 9.17) is 21.9 Å². The average molecular weight is 512 g/mol. The van der Waals surface area contributed by atoms with Crippen LogP contribution in [0.15, 0.2) is 91.3 Å². The summed E-state index contributed by atoms with van der Waals surface area (Å²) >= 11 is 7.58. The van der Waals surface area contributed by atoms with Gasteiger partial charge in [-0.15, -0.1) is 0 Å². The molecule has 2 atom stereocenters. The zero-order valence-electron chi connectivity index (χ0n) is 19.9. The summed E-state index contributed by atoms with van der Waals surface area (Å²) in [5.74, 6) is 0.836. The topological polar surface area (TPSA) is 55.2 Å². The number of nitrogens with zero attached hydrogens (tertiary/aromatic N) is 4. The van der Waals surface area contributed by atoms with Crippen LogP contribution in [0, 0.1) is 0 Å². The summed E-state index contributed by atoms with van der Waals surface area (Å²) in [5, 5.41) is 5.13. The molecule has 0 spiro atoms. The molecule has 2 aromatic carbocycles.